The summed E-state index contributed by atoms with van der Waals surface area (Å²) in [4.78, 5) is 44.9. The van der Waals surface area contributed by atoms with Crippen LogP contribution >= 0.6 is 0 Å². The van der Waals surface area contributed by atoms with Crippen molar-refractivity contribution in [2.75, 3.05) is 0 Å². The summed E-state index contributed by atoms with van der Waals surface area (Å²) in [5.74, 6) is -2.40. The first-order valence-electron chi connectivity index (χ1n) is 5.73. The van der Waals surface area contributed by atoms with Crippen molar-refractivity contribution in [3.8, 4) is 0 Å². The molecule has 0 aliphatic carbocycles. The number of pyridine rings is 1. The number of carboxylic acid groups (broad SMARTS) is 1. The number of imide groups is 1. The largest absolute Gasteiger partial charge is 0.480 e. The average Bonchev–Trinajstić information content (AvgIpc) is 2.31. The summed E-state index contributed by atoms with van der Waals surface area (Å²) in [6, 6.07) is 2.77. The summed E-state index contributed by atoms with van der Waals surface area (Å²) in [5, 5.41) is 10.8. The lowest BCUT2D eigenvalue weighted by Crippen LogP contribution is -2.39. The molecule has 7 heteroatoms. The van der Waals surface area contributed by atoms with Crippen molar-refractivity contribution in [1.29, 1.82) is 0 Å². The van der Waals surface area contributed by atoms with Gasteiger partial charge in [-0.1, -0.05) is 0 Å². The highest BCUT2D eigenvalue weighted by molar-refractivity contribution is 6.00. The molecule has 19 heavy (non-hydrogen) atoms. The molecule has 0 radical (unpaired) electrons. The number of hydrogen-bond acceptors (Lipinski definition) is 4. The highest BCUT2D eigenvalue weighted by Crippen LogP contribution is 2.23. The van der Waals surface area contributed by atoms with E-state index in [4.69, 9.17) is 5.11 Å². The van der Waals surface area contributed by atoms with Crippen molar-refractivity contribution in [2.24, 2.45) is 0 Å². The zero-order valence-corrected chi connectivity index (χ0v) is 9.96. The second kappa shape index (κ2) is 5.05. The first kappa shape index (κ1) is 13.0. The normalized spacial score (nSPS) is 19.1. The molecule has 0 aromatic carbocycles. The van der Waals surface area contributed by atoms with Gasteiger partial charge in [0.25, 0.3) is 5.56 Å². The van der Waals surface area contributed by atoms with E-state index in [0.717, 1.165) is 4.57 Å². The number of carboxylic acids is 1. The molecule has 1 atom stereocenters. The van der Waals surface area contributed by atoms with Crippen LogP contribution < -0.4 is 10.9 Å². The number of piperidine rings is 1. The van der Waals surface area contributed by atoms with Gasteiger partial charge >= 0.3 is 5.97 Å². The molecule has 2 N–H and O–H groups in total. The number of nitrogens with zero attached hydrogens (tertiary/aromatic N) is 1. The van der Waals surface area contributed by atoms with Crippen LogP contribution in [0.4, 0.5) is 0 Å². The molecule has 7 nitrogen and oxygen atoms in total. The molecule has 1 aliphatic heterocycles. The van der Waals surface area contributed by atoms with Crippen molar-refractivity contribution in [3.05, 3.63) is 34.2 Å². The van der Waals surface area contributed by atoms with Gasteiger partial charge in [-0.25, -0.2) is 0 Å². The van der Waals surface area contributed by atoms with Crippen molar-refractivity contribution >= 4 is 17.8 Å². The molecule has 1 aliphatic rings. The number of aliphatic carboxylic acids is 1. The topological polar surface area (TPSA) is 105 Å². The fourth-order valence-corrected chi connectivity index (χ4v) is 2.03. The van der Waals surface area contributed by atoms with E-state index in [2.05, 4.69) is 5.32 Å². The van der Waals surface area contributed by atoms with Crippen LogP contribution in [0.15, 0.2) is 23.1 Å². The minimum absolute atomic E-state index is 0.231. The van der Waals surface area contributed by atoms with Crippen molar-refractivity contribution in [3.63, 3.8) is 0 Å². The van der Waals surface area contributed by atoms with Gasteiger partial charge in [0.15, 0.2) is 0 Å². The third-order valence-corrected chi connectivity index (χ3v) is 2.97. The van der Waals surface area contributed by atoms with Crippen LogP contribution in [0.25, 0.3) is 0 Å². The summed E-state index contributed by atoms with van der Waals surface area (Å²) in [6.07, 6.45) is 1.93. The van der Waals surface area contributed by atoms with Crippen LogP contribution in [0.2, 0.25) is 0 Å². The van der Waals surface area contributed by atoms with Gasteiger partial charge in [-0.15, -0.1) is 0 Å². The Balaban J connectivity index is 2.25. The van der Waals surface area contributed by atoms with E-state index in [-0.39, 0.29) is 12.3 Å². The monoisotopic (exact) mass is 264 g/mol. The maximum atomic E-state index is 11.7. The second-order valence-corrected chi connectivity index (χ2v) is 4.32. The minimum Gasteiger partial charge on any atom is -0.480 e. The number of amides is 2. The molecule has 1 aromatic rings. The predicted molar refractivity (Wildman–Crippen MR) is 63.5 cm³/mol. The Morgan fingerprint density at radius 1 is 1.42 bits per heavy atom. The van der Waals surface area contributed by atoms with Crippen LogP contribution in [-0.4, -0.2) is 27.5 Å². The lowest BCUT2D eigenvalue weighted by Gasteiger charge is -2.21. The molecule has 0 saturated carbocycles. The third kappa shape index (κ3) is 2.87. The SMILES string of the molecule is O=C(O)Cn1ccc(C2CCC(=O)NC2=O)cc1=O. The summed E-state index contributed by atoms with van der Waals surface area (Å²) in [5.41, 5.74) is 0.0150. The summed E-state index contributed by atoms with van der Waals surface area (Å²) in [7, 11) is 0. The highest BCUT2D eigenvalue weighted by Gasteiger charge is 2.28. The Labute approximate surface area is 107 Å². The molecule has 100 valence electrons. The average molecular weight is 264 g/mol. The van der Waals surface area contributed by atoms with Crippen LogP contribution in [0.1, 0.15) is 24.3 Å². The van der Waals surface area contributed by atoms with Gasteiger partial charge in [-0.3, -0.25) is 24.5 Å². The van der Waals surface area contributed by atoms with E-state index in [1.54, 1.807) is 0 Å². The Morgan fingerprint density at radius 3 is 2.74 bits per heavy atom. The first-order chi connectivity index (χ1) is 8.97. The molecule has 1 aromatic heterocycles. The van der Waals surface area contributed by atoms with E-state index >= 15 is 0 Å². The Bertz CT molecular complexity index is 604. The Kier molecular flexibility index (Phi) is 3.46. The fraction of sp³-hybridized carbons (Fsp3) is 0.333. The minimum atomic E-state index is -1.11. The predicted octanol–water partition coefficient (Wildman–Crippen LogP) is -0.547. The number of carbonyl (C=O) groups is 3. The zero-order valence-electron chi connectivity index (χ0n) is 9.96. The summed E-state index contributed by atoms with van der Waals surface area (Å²) < 4.78 is 1.04. The van der Waals surface area contributed by atoms with Gasteiger partial charge in [0.2, 0.25) is 11.8 Å². The number of hydrogen-bond donors (Lipinski definition) is 2. The molecule has 0 bridgehead atoms. The highest BCUT2D eigenvalue weighted by atomic mass is 16.4. The van der Waals surface area contributed by atoms with Gasteiger partial charge in [-0.2, -0.15) is 0 Å². The summed E-state index contributed by atoms with van der Waals surface area (Å²) >= 11 is 0. The van der Waals surface area contributed by atoms with E-state index in [1.807, 2.05) is 0 Å². The maximum absolute atomic E-state index is 11.7. The lowest BCUT2D eigenvalue weighted by atomic mass is 9.91. The van der Waals surface area contributed by atoms with Crippen LogP contribution in [0, 0.1) is 0 Å². The Morgan fingerprint density at radius 2 is 2.16 bits per heavy atom. The number of carbonyl (C=O) groups excluding carboxylic acids is 2. The molecule has 2 rings (SSSR count). The number of rotatable bonds is 3. The molecule has 1 fully saturated rings. The maximum Gasteiger partial charge on any atom is 0.323 e. The number of aromatic nitrogens is 1. The van der Waals surface area contributed by atoms with E-state index in [1.165, 1.54) is 18.3 Å². The lowest BCUT2D eigenvalue weighted by molar-refractivity contribution is -0.138. The molecular formula is C12H12N2O5. The molecule has 2 heterocycles. The molecule has 2 amide bonds. The van der Waals surface area contributed by atoms with Crippen molar-refractivity contribution in [2.45, 2.75) is 25.3 Å². The van der Waals surface area contributed by atoms with Gasteiger partial charge < -0.3 is 9.67 Å². The molecular weight excluding hydrogens is 252 g/mol. The van der Waals surface area contributed by atoms with Crippen LogP contribution in [-0.2, 0) is 20.9 Å². The second-order valence-electron chi connectivity index (χ2n) is 4.32. The standard InChI is InChI=1S/C12H12N2O5/c15-9-2-1-8(12(19)13-9)7-3-4-14(6-11(17)18)10(16)5-7/h3-5,8H,1-2,6H2,(H,17,18)(H,13,15,19). The van der Waals surface area contributed by atoms with Gasteiger partial charge in [0, 0.05) is 18.7 Å². The van der Waals surface area contributed by atoms with Crippen molar-refractivity contribution < 1.29 is 19.5 Å². The van der Waals surface area contributed by atoms with Crippen LogP contribution in [0.5, 0.6) is 0 Å². The third-order valence-electron chi connectivity index (χ3n) is 2.97. The first-order valence-corrected chi connectivity index (χ1v) is 5.73. The fourth-order valence-electron chi connectivity index (χ4n) is 2.03. The zero-order chi connectivity index (χ0) is 14.0. The van der Waals surface area contributed by atoms with E-state index in [9.17, 15) is 19.2 Å². The van der Waals surface area contributed by atoms with Crippen LogP contribution in [0.3, 0.4) is 0 Å². The van der Waals surface area contributed by atoms with E-state index in [0.29, 0.717) is 12.0 Å². The summed E-state index contributed by atoms with van der Waals surface area (Å²) in [6.45, 7) is -0.422. The Hall–Kier alpha value is -2.44. The molecule has 1 saturated heterocycles. The van der Waals surface area contributed by atoms with Gasteiger partial charge in [0.05, 0.1) is 5.92 Å². The van der Waals surface area contributed by atoms with Gasteiger partial charge in [0.1, 0.15) is 6.54 Å². The van der Waals surface area contributed by atoms with Gasteiger partial charge in [-0.05, 0) is 18.1 Å². The van der Waals surface area contributed by atoms with E-state index < -0.39 is 29.9 Å². The molecule has 0 spiro atoms. The number of nitrogens with one attached hydrogen (secondary N) is 1. The smallest absolute Gasteiger partial charge is 0.323 e. The molecule has 1 unspecified atom stereocenters. The van der Waals surface area contributed by atoms with Crippen molar-refractivity contribution in [1.82, 2.24) is 9.88 Å². The quantitative estimate of drug-likeness (QED) is 0.713.